The van der Waals surface area contributed by atoms with Crippen LogP contribution in [-0.4, -0.2) is 53.8 Å². The Hall–Kier alpha value is -1.88. The molecule has 1 aromatic carbocycles. The summed E-state index contributed by atoms with van der Waals surface area (Å²) in [5, 5.41) is 2.77. The lowest BCUT2D eigenvalue weighted by Gasteiger charge is -2.36. The number of nitrogens with zero attached hydrogens (tertiary/aromatic N) is 2. The Balaban J connectivity index is 1.51. The zero-order valence-electron chi connectivity index (χ0n) is 13.0. The average molecular weight is 301 g/mol. The summed E-state index contributed by atoms with van der Waals surface area (Å²) in [5.41, 5.74) is 2.67. The lowest BCUT2D eigenvalue weighted by atomic mass is 10.1. The van der Waals surface area contributed by atoms with E-state index in [1.165, 1.54) is 11.1 Å². The topological polar surface area (TPSA) is 52.7 Å². The molecule has 0 saturated carbocycles. The molecule has 0 aliphatic carbocycles. The number of carbonyl (C=O) groups is 2. The fourth-order valence-corrected chi connectivity index (χ4v) is 3.17. The number of amides is 2. The van der Waals surface area contributed by atoms with Crippen molar-refractivity contribution in [3.05, 3.63) is 35.4 Å². The summed E-state index contributed by atoms with van der Waals surface area (Å²) in [6.45, 7) is 6.35. The Morgan fingerprint density at radius 3 is 2.59 bits per heavy atom. The van der Waals surface area contributed by atoms with Crippen LogP contribution >= 0.6 is 0 Å². The highest BCUT2D eigenvalue weighted by Crippen LogP contribution is 2.15. The second-order valence-corrected chi connectivity index (χ2v) is 6.19. The number of hydrogen-bond acceptors (Lipinski definition) is 3. The van der Waals surface area contributed by atoms with E-state index in [1.807, 2.05) is 4.90 Å². The van der Waals surface area contributed by atoms with Crippen LogP contribution in [0.4, 0.5) is 0 Å². The molecule has 5 heteroatoms. The molecule has 2 amide bonds. The van der Waals surface area contributed by atoms with Crippen LogP contribution in [-0.2, 0) is 16.1 Å². The van der Waals surface area contributed by atoms with E-state index in [9.17, 15) is 9.59 Å². The third-order valence-electron chi connectivity index (χ3n) is 4.63. The van der Waals surface area contributed by atoms with Gasteiger partial charge in [-0.3, -0.25) is 14.5 Å². The fourth-order valence-electron chi connectivity index (χ4n) is 3.17. The van der Waals surface area contributed by atoms with Gasteiger partial charge >= 0.3 is 0 Å². The van der Waals surface area contributed by atoms with E-state index < -0.39 is 0 Å². The molecule has 2 aliphatic heterocycles. The molecule has 0 spiro atoms. The van der Waals surface area contributed by atoms with E-state index in [0.717, 1.165) is 32.7 Å². The Morgan fingerprint density at radius 1 is 1.23 bits per heavy atom. The normalized spacial score (nSPS) is 22.7. The van der Waals surface area contributed by atoms with E-state index >= 15 is 0 Å². The monoisotopic (exact) mass is 301 g/mol. The van der Waals surface area contributed by atoms with Crippen LogP contribution in [0.5, 0.6) is 0 Å². The van der Waals surface area contributed by atoms with Gasteiger partial charge in [-0.15, -0.1) is 0 Å². The molecule has 3 rings (SSSR count). The average Bonchev–Trinajstić information content (AvgIpc) is 2.96. The SMILES string of the molecule is Cc1ccccc1CN1CCN(C(=O)C2CCC(=O)N2)CC1. The first kappa shape index (κ1) is 15.0. The van der Waals surface area contributed by atoms with Crippen molar-refractivity contribution in [1.82, 2.24) is 15.1 Å². The van der Waals surface area contributed by atoms with Crippen LogP contribution < -0.4 is 5.32 Å². The maximum absolute atomic E-state index is 12.4. The standard InChI is InChI=1S/C17H23N3O2/c1-13-4-2-3-5-14(13)12-19-8-10-20(11-9-19)17(22)15-6-7-16(21)18-15/h2-5,15H,6-12H2,1H3,(H,18,21). The molecule has 118 valence electrons. The zero-order chi connectivity index (χ0) is 15.5. The van der Waals surface area contributed by atoms with Gasteiger partial charge in [0, 0.05) is 39.1 Å². The van der Waals surface area contributed by atoms with Gasteiger partial charge in [-0.2, -0.15) is 0 Å². The molecule has 2 aliphatic rings. The smallest absolute Gasteiger partial charge is 0.245 e. The van der Waals surface area contributed by atoms with E-state index in [2.05, 4.69) is 41.4 Å². The molecule has 2 fully saturated rings. The second kappa shape index (κ2) is 6.48. The van der Waals surface area contributed by atoms with Crippen molar-refractivity contribution in [3.63, 3.8) is 0 Å². The third-order valence-corrected chi connectivity index (χ3v) is 4.63. The van der Waals surface area contributed by atoms with Gasteiger partial charge in [-0.25, -0.2) is 0 Å². The minimum Gasteiger partial charge on any atom is -0.344 e. The van der Waals surface area contributed by atoms with E-state index in [4.69, 9.17) is 0 Å². The Morgan fingerprint density at radius 2 is 1.95 bits per heavy atom. The van der Waals surface area contributed by atoms with Gasteiger partial charge in [0.2, 0.25) is 11.8 Å². The van der Waals surface area contributed by atoms with Crippen LogP contribution in [0.2, 0.25) is 0 Å². The Kier molecular flexibility index (Phi) is 4.43. The lowest BCUT2D eigenvalue weighted by molar-refractivity contribution is -0.136. The number of nitrogens with one attached hydrogen (secondary N) is 1. The highest BCUT2D eigenvalue weighted by molar-refractivity contribution is 5.90. The quantitative estimate of drug-likeness (QED) is 0.903. The molecule has 2 saturated heterocycles. The maximum Gasteiger partial charge on any atom is 0.245 e. The number of carbonyl (C=O) groups excluding carboxylic acids is 2. The Labute approximate surface area is 131 Å². The van der Waals surface area contributed by atoms with Crippen LogP contribution in [0.1, 0.15) is 24.0 Å². The molecular weight excluding hydrogens is 278 g/mol. The highest BCUT2D eigenvalue weighted by Gasteiger charge is 2.32. The van der Waals surface area contributed by atoms with E-state index in [-0.39, 0.29) is 17.9 Å². The number of hydrogen-bond donors (Lipinski definition) is 1. The molecule has 2 heterocycles. The molecule has 1 atom stereocenters. The number of aryl methyl sites for hydroxylation is 1. The van der Waals surface area contributed by atoms with E-state index in [0.29, 0.717) is 12.8 Å². The largest absolute Gasteiger partial charge is 0.344 e. The van der Waals surface area contributed by atoms with Crippen molar-refractivity contribution in [2.24, 2.45) is 0 Å². The molecule has 1 aromatic rings. The van der Waals surface area contributed by atoms with Gasteiger partial charge in [0.15, 0.2) is 0 Å². The third kappa shape index (κ3) is 3.30. The Bertz CT molecular complexity index is 565. The van der Waals surface area contributed by atoms with Crippen LogP contribution in [0.3, 0.4) is 0 Å². The van der Waals surface area contributed by atoms with Gasteiger partial charge in [-0.1, -0.05) is 24.3 Å². The highest BCUT2D eigenvalue weighted by atomic mass is 16.2. The van der Waals surface area contributed by atoms with E-state index in [1.54, 1.807) is 0 Å². The summed E-state index contributed by atoms with van der Waals surface area (Å²) in [4.78, 5) is 27.9. The summed E-state index contributed by atoms with van der Waals surface area (Å²) in [5.74, 6) is 0.0814. The maximum atomic E-state index is 12.4. The van der Waals surface area contributed by atoms with Gasteiger partial charge in [-0.05, 0) is 24.5 Å². The fraction of sp³-hybridized carbons (Fsp3) is 0.529. The summed E-state index contributed by atoms with van der Waals surface area (Å²) >= 11 is 0. The summed E-state index contributed by atoms with van der Waals surface area (Å²) in [6.07, 6.45) is 1.12. The summed E-state index contributed by atoms with van der Waals surface area (Å²) in [7, 11) is 0. The van der Waals surface area contributed by atoms with Gasteiger partial charge in [0.05, 0.1) is 0 Å². The minimum absolute atomic E-state index is 0.00320. The molecule has 0 bridgehead atoms. The van der Waals surface area contributed by atoms with Crippen molar-refractivity contribution < 1.29 is 9.59 Å². The first-order valence-electron chi connectivity index (χ1n) is 7.98. The lowest BCUT2D eigenvalue weighted by Crippen LogP contribution is -2.53. The van der Waals surface area contributed by atoms with Crippen molar-refractivity contribution in [3.8, 4) is 0 Å². The summed E-state index contributed by atoms with van der Waals surface area (Å²) < 4.78 is 0. The minimum atomic E-state index is -0.296. The zero-order valence-corrected chi connectivity index (χ0v) is 13.0. The first-order valence-corrected chi connectivity index (χ1v) is 7.98. The van der Waals surface area contributed by atoms with Crippen LogP contribution in [0.15, 0.2) is 24.3 Å². The molecule has 1 N–H and O–H groups in total. The van der Waals surface area contributed by atoms with Crippen molar-refractivity contribution >= 4 is 11.8 Å². The van der Waals surface area contributed by atoms with Crippen molar-refractivity contribution in [2.45, 2.75) is 32.4 Å². The van der Waals surface area contributed by atoms with Crippen LogP contribution in [0, 0.1) is 6.92 Å². The molecule has 1 unspecified atom stereocenters. The molecule has 0 aromatic heterocycles. The predicted octanol–water partition coefficient (Wildman–Crippen LogP) is 0.918. The summed E-state index contributed by atoms with van der Waals surface area (Å²) in [6, 6.07) is 8.14. The first-order chi connectivity index (χ1) is 10.6. The molecule has 0 radical (unpaired) electrons. The van der Waals surface area contributed by atoms with Gasteiger partial charge in [0.1, 0.15) is 6.04 Å². The molecular formula is C17H23N3O2. The predicted molar refractivity (Wildman–Crippen MR) is 84.2 cm³/mol. The molecule has 5 nitrogen and oxygen atoms in total. The van der Waals surface area contributed by atoms with Gasteiger partial charge < -0.3 is 10.2 Å². The number of rotatable bonds is 3. The van der Waals surface area contributed by atoms with Crippen LogP contribution in [0.25, 0.3) is 0 Å². The van der Waals surface area contributed by atoms with Crippen molar-refractivity contribution in [2.75, 3.05) is 26.2 Å². The number of benzene rings is 1. The second-order valence-electron chi connectivity index (χ2n) is 6.19. The van der Waals surface area contributed by atoms with Gasteiger partial charge in [0.25, 0.3) is 0 Å². The van der Waals surface area contributed by atoms with Crippen molar-refractivity contribution in [1.29, 1.82) is 0 Å². The molecule has 22 heavy (non-hydrogen) atoms. The number of piperazine rings is 1.